The normalized spacial score (nSPS) is 27.5. The van der Waals surface area contributed by atoms with Crippen molar-refractivity contribution in [1.29, 1.82) is 0 Å². The minimum Gasteiger partial charge on any atom is -0.414 e. The van der Waals surface area contributed by atoms with Gasteiger partial charge in [0, 0.05) is 6.42 Å². The third kappa shape index (κ3) is 4.38. The van der Waals surface area contributed by atoms with E-state index in [1.165, 1.54) is 0 Å². The maximum absolute atomic E-state index is 10.7. The zero-order chi connectivity index (χ0) is 14.9. The lowest BCUT2D eigenvalue weighted by Gasteiger charge is -2.37. The summed E-state index contributed by atoms with van der Waals surface area (Å²) in [4.78, 5) is 10.7. The molecule has 0 amide bonds. The van der Waals surface area contributed by atoms with Crippen LogP contribution in [0.2, 0.25) is 18.1 Å². The second-order valence-electron chi connectivity index (χ2n) is 7.19. The third-order valence-corrected chi connectivity index (χ3v) is 8.53. The lowest BCUT2D eigenvalue weighted by molar-refractivity contribution is -0.149. The van der Waals surface area contributed by atoms with Gasteiger partial charge in [-0.2, -0.15) is 0 Å². The summed E-state index contributed by atoms with van der Waals surface area (Å²) in [7, 11) is -1.80. The highest BCUT2D eigenvalue weighted by Gasteiger charge is 2.43. The van der Waals surface area contributed by atoms with Crippen LogP contribution in [-0.4, -0.2) is 39.2 Å². The number of carbonyl (C=O) groups is 1. The van der Waals surface area contributed by atoms with E-state index in [9.17, 15) is 4.79 Å². The van der Waals surface area contributed by atoms with Crippen LogP contribution in [0, 0.1) is 0 Å². The molecule has 1 rings (SSSR count). The molecule has 0 aliphatic carbocycles. The maximum Gasteiger partial charge on any atom is 0.192 e. The quantitative estimate of drug-likeness (QED) is 0.576. The molecule has 19 heavy (non-hydrogen) atoms. The molecule has 0 spiro atoms. The Morgan fingerprint density at radius 3 is 2.21 bits per heavy atom. The molecule has 1 heterocycles. The van der Waals surface area contributed by atoms with Gasteiger partial charge in [-0.3, -0.25) is 0 Å². The zero-order valence-electron chi connectivity index (χ0n) is 13.3. The van der Waals surface area contributed by atoms with E-state index in [0.29, 0.717) is 13.0 Å². The molecule has 0 aromatic carbocycles. The first-order valence-electron chi connectivity index (χ1n) is 6.92. The highest BCUT2D eigenvalue weighted by Crippen LogP contribution is 2.38. The van der Waals surface area contributed by atoms with Gasteiger partial charge in [-0.1, -0.05) is 20.8 Å². The molecule has 5 heteroatoms. The fourth-order valence-corrected chi connectivity index (χ4v) is 2.87. The van der Waals surface area contributed by atoms with E-state index in [0.717, 1.165) is 6.29 Å². The minimum absolute atomic E-state index is 0.158. The van der Waals surface area contributed by atoms with Gasteiger partial charge in [0.1, 0.15) is 12.4 Å². The average molecular weight is 288 g/mol. The van der Waals surface area contributed by atoms with Gasteiger partial charge in [0.15, 0.2) is 14.1 Å². The van der Waals surface area contributed by atoms with E-state index < -0.39 is 14.1 Å². The maximum atomic E-state index is 10.7. The molecule has 1 aliphatic rings. The van der Waals surface area contributed by atoms with E-state index >= 15 is 0 Å². The molecular formula is C14H28O4Si. The largest absolute Gasteiger partial charge is 0.414 e. The fraction of sp³-hybridized carbons (Fsp3) is 0.929. The predicted molar refractivity (Wildman–Crippen MR) is 77.7 cm³/mol. The summed E-state index contributed by atoms with van der Waals surface area (Å²) in [6.45, 7) is 15.3. The molecule has 0 aromatic heterocycles. The zero-order valence-corrected chi connectivity index (χ0v) is 14.3. The van der Waals surface area contributed by atoms with Crippen molar-refractivity contribution in [3.63, 3.8) is 0 Å². The predicted octanol–water partition coefficient (Wildman–Crippen LogP) is 3.12. The Bertz CT molecular complexity index is 320. The van der Waals surface area contributed by atoms with Crippen molar-refractivity contribution in [3.05, 3.63) is 0 Å². The molecule has 0 N–H and O–H groups in total. The van der Waals surface area contributed by atoms with Gasteiger partial charge in [0.05, 0.1) is 12.7 Å². The monoisotopic (exact) mass is 288 g/mol. The van der Waals surface area contributed by atoms with Gasteiger partial charge in [-0.25, -0.2) is 0 Å². The molecule has 0 bridgehead atoms. The Morgan fingerprint density at radius 2 is 1.74 bits per heavy atom. The Kier molecular flexibility index (Phi) is 4.99. The summed E-state index contributed by atoms with van der Waals surface area (Å²) in [6.07, 6.45) is 0.885. The van der Waals surface area contributed by atoms with E-state index in [-0.39, 0.29) is 17.2 Å². The van der Waals surface area contributed by atoms with E-state index in [4.69, 9.17) is 13.9 Å². The number of hydrogen-bond acceptors (Lipinski definition) is 4. The van der Waals surface area contributed by atoms with Crippen molar-refractivity contribution in [1.82, 2.24) is 0 Å². The van der Waals surface area contributed by atoms with Crippen molar-refractivity contribution < 1.29 is 18.7 Å². The van der Waals surface area contributed by atoms with Crippen LogP contribution in [0.4, 0.5) is 0 Å². The number of rotatable bonds is 5. The first-order chi connectivity index (χ1) is 8.48. The topological polar surface area (TPSA) is 44.8 Å². The minimum atomic E-state index is -1.80. The molecule has 1 saturated heterocycles. The summed E-state index contributed by atoms with van der Waals surface area (Å²) in [6, 6.07) is 0. The summed E-state index contributed by atoms with van der Waals surface area (Å²) in [5.41, 5.74) is 0. The van der Waals surface area contributed by atoms with Crippen LogP contribution in [0.25, 0.3) is 0 Å². The van der Waals surface area contributed by atoms with Gasteiger partial charge in [-0.15, -0.1) is 0 Å². The molecule has 0 radical (unpaired) electrons. The molecule has 0 saturated carbocycles. The number of carbonyl (C=O) groups excluding carboxylic acids is 1. The summed E-state index contributed by atoms with van der Waals surface area (Å²) in [5, 5.41) is 0.169. The molecule has 0 unspecified atom stereocenters. The Morgan fingerprint density at radius 1 is 1.21 bits per heavy atom. The van der Waals surface area contributed by atoms with Gasteiger partial charge >= 0.3 is 0 Å². The standard InChI is InChI=1S/C14H28O4Si/c1-13(2,3)19(6,7)16-10-12-11(8-9-15)17-14(4,5)18-12/h9,11-12H,8,10H2,1-7H3/t11-,12-/m1/s1. The van der Waals surface area contributed by atoms with Crippen molar-refractivity contribution >= 4 is 14.6 Å². The Hall–Kier alpha value is -0.233. The highest BCUT2D eigenvalue weighted by atomic mass is 28.4. The molecular weight excluding hydrogens is 260 g/mol. The molecule has 1 fully saturated rings. The lowest BCUT2D eigenvalue weighted by Crippen LogP contribution is -2.44. The third-order valence-electron chi connectivity index (χ3n) is 4.03. The van der Waals surface area contributed by atoms with Crippen LogP contribution < -0.4 is 0 Å². The van der Waals surface area contributed by atoms with Crippen molar-refractivity contribution in [3.8, 4) is 0 Å². The second-order valence-corrected chi connectivity index (χ2v) is 12.0. The molecule has 112 valence electrons. The van der Waals surface area contributed by atoms with Crippen molar-refractivity contribution in [2.24, 2.45) is 0 Å². The van der Waals surface area contributed by atoms with Gasteiger partial charge < -0.3 is 18.7 Å². The second kappa shape index (κ2) is 5.64. The average Bonchev–Trinajstić information content (AvgIpc) is 2.49. The van der Waals surface area contributed by atoms with Crippen LogP contribution in [0.15, 0.2) is 0 Å². The smallest absolute Gasteiger partial charge is 0.192 e. The Labute approximate surface area is 117 Å². The molecule has 0 aromatic rings. The van der Waals surface area contributed by atoms with Crippen LogP contribution in [-0.2, 0) is 18.7 Å². The van der Waals surface area contributed by atoms with Gasteiger partial charge in [-0.05, 0) is 32.0 Å². The van der Waals surface area contributed by atoms with Crippen LogP contribution in [0.5, 0.6) is 0 Å². The Balaban J connectivity index is 2.63. The fourth-order valence-electron chi connectivity index (χ4n) is 1.85. The SMILES string of the molecule is CC1(C)O[C@H](CC=O)[C@@H](CO[Si](C)(C)C(C)(C)C)O1. The number of aldehydes is 1. The van der Waals surface area contributed by atoms with E-state index in [1.54, 1.807) is 0 Å². The first-order valence-corrected chi connectivity index (χ1v) is 9.82. The first kappa shape index (κ1) is 16.8. The number of ether oxygens (including phenoxy) is 2. The van der Waals surface area contributed by atoms with Crippen LogP contribution in [0.1, 0.15) is 41.0 Å². The molecule has 1 aliphatic heterocycles. The van der Waals surface area contributed by atoms with Gasteiger partial charge in [0.2, 0.25) is 0 Å². The van der Waals surface area contributed by atoms with E-state index in [1.807, 2.05) is 13.8 Å². The highest BCUT2D eigenvalue weighted by molar-refractivity contribution is 6.74. The van der Waals surface area contributed by atoms with Crippen molar-refractivity contribution in [2.45, 2.75) is 77.2 Å². The van der Waals surface area contributed by atoms with Gasteiger partial charge in [0.25, 0.3) is 0 Å². The molecule has 2 atom stereocenters. The summed E-state index contributed by atoms with van der Waals surface area (Å²) in [5.74, 6) is -0.630. The summed E-state index contributed by atoms with van der Waals surface area (Å²) < 4.78 is 17.7. The van der Waals surface area contributed by atoms with Crippen LogP contribution >= 0.6 is 0 Å². The summed E-state index contributed by atoms with van der Waals surface area (Å²) >= 11 is 0. The number of hydrogen-bond donors (Lipinski definition) is 0. The lowest BCUT2D eigenvalue weighted by atomic mass is 10.2. The van der Waals surface area contributed by atoms with Crippen molar-refractivity contribution in [2.75, 3.05) is 6.61 Å². The van der Waals surface area contributed by atoms with E-state index in [2.05, 4.69) is 33.9 Å². The van der Waals surface area contributed by atoms with Crippen LogP contribution in [0.3, 0.4) is 0 Å². The molecule has 4 nitrogen and oxygen atoms in total.